The van der Waals surface area contributed by atoms with E-state index in [1.165, 1.54) is 55.1 Å². The van der Waals surface area contributed by atoms with Crippen LogP contribution in [0.3, 0.4) is 0 Å². The van der Waals surface area contributed by atoms with Crippen LogP contribution < -0.4 is 5.32 Å². The topological polar surface area (TPSA) is 112 Å². The number of nitrogens with one attached hydrogen (secondary N) is 1. The van der Waals surface area contributed by atoms with Crippen molar-refractivity contribution in [2.45, 2.75) is 54.9 Å². The minimum absolute atomic E-state index is 0.0398. The standard InChI is InChI=1S/C21H15BrClF7N4O.C18H10BrClF7N3O2/c1-33-16(19(24,20(25,26)27)21(28,29)30)7-14(22)18(33)34-9-11(8-31-34)10-2-5-15(23)13(6-10)17(35)32-12-3-4-12;1-29-13(16(21,17(22,23)24)18(25,26)27)5-11(19)14(29)30-7-9(6-28-30)8-2-3-12(20)10(4-8)15(31)32/h2,5-9,12H,3-4H2,1H3,(H,32,35);2-7H,1H3,(H,31,32). The van der Waals surface area contributed by atoms with Crippen LogP contribution in [0.5, 0.6) is 0 Å². The Morgan fingerprint density at radius 3 is 1.31 bits per heavy atom. The summed E-state index contributed by atoms with van der Waals surface area (Å²) in [6.45, 7) is 0. The Balaban J connectivity index is 0.000000222. The van der Waals surface area contributed by atoms with Gasteiger partial charge in [-0.3, -0.25) is 4.79 Å². The van der Waals surface area contributed by atoms with Crippen LogP contribution in [0.4, 0.5) is 61.5 Å². The van der Waals surface area contributed by atoms with Gasteiger partial charge in [-0.25, -0.2) is 22.9 Å². The normalized spacial score (nSPS) is 14.0. The summed E-state index contributed by atoms with van der Waals surface area (Å²) in [6, 6.07) is 9.40. The lowest BCUT2D eigenvalue weighted by molar-refractivity contribution is -0.351. The molecule has 0 atom stereocenters. The molecule has 6 aromatic rings. The van der Waals surface area contributed by atoms with Gasteiger partial charge in [0, 0.05) is 43.7 Å². The van der Waals surface area contributed by atoms with Crippen molar-refractivity contribution in [2.24, 2.45) is 14.1 Å². The number of hydrogen-bond donors (Lipinski definition) is 2. The molecule has 1 fully saturated rings. The monoisotopic (exact) mass is 1130 g/mol. The summed E-state index contributed by atoms with van der Waals surface area (Å²) in [4.78, 5) is 23.7. The van der Waals surface area contributed by atoms with Crippen LogP contribution in [0.15, 0.2) is 82.3 Å². The van der Waals surface area contributed by atoms with Crippen molar-refractivity contribution in [3.05, 3.63) is 115 Å². The number of carboxylic acid groups (broad SMARTS) is 1. The minimum atomic E-state index is -6.28. The molecule has 4 aromatic heterocycles. The number of carbonyl (C=O) groups excluding carboxylic acids is 1. The second kappa shape index (κ2) is 17.8. The molecule has 2 aromatic carbocycles. The van der Waals surface area contributed by atoms with Crippen molar-refractivity contribution in [1.29, 1.82) is 0 Å². The fraction of sp³-hybridized carbons (Fsp3) is 0.282. The summed E-state index contributed by atoms with van der Waals surface area (Å²) in [7, 11) is 1.69. The van der Waals surface area contributed by atoms with Crippen LogP contribution >= 0.6 is 55.1 Å². The maximum atomic E-state index is 14.7. The van der Waals surface area contributed by atoms with Crippen LogP contribution in [0.2, 0.25) is 10.0 Å². The van der Waals surface area contributed by atoms with Gasteiger partial charge in [-0.2, -0.15) is 62.9 Å². The van der Waals surface area contributed by atoms with E-state index in [2.05, 4.69) is 47.4 Å². The minimum Gasteiger partial charge on any atom is -0.478 e. The predicted molar refractivity (Wildman–Crippen MR) is 219 cm³/mol. The van der Waals surface area contributed by atoms with Crippen LogP contribution in [0.1, 0.15) is 44.9 Å². The molecular formula is C39H25Br2Cl2F14N7O3. The Bertz CT molecular complexity index is 2850. The highest BCUT2D eigenvalue weighted by Gasteiger charge is 2.76. The summed E-state index contributed by atoms with van der Waals surface area (Å²) >= 11 is 17.7. The number of nitrogens with zero attached hydrogens (tertiary/aromatic N) is 6. The number of rotatable bonds is 9. The molecule has 1 aliphatic carbocycles. The maximum absolute atomic E-state index is 14.7. The van der Waals surface area contributed by atoms with E-state index in [4.69, 9.17) is 28.3 Å². The number of aromatic nitrogens is 6. The Labute approximate surface area is 393 Å². The zero-order chi connectivity index (χ0) is 50.1. The van der Waals surface area contributed by atoms with Gasteiger partial charge in [-0.05, 0) is 92.2 Å². The highest BCUT2D eigenvalue weighted by Crippen LogP contribution is 2.56. The fourth-order valence-corrected chi connectivity index (χ4v) is 8.35. The van der Waals surface area contributed by atoms with E-state index >= 15 is 0 Å². The molecule has 0 saturated heterocycles. The summed E-state index contributed by atoms with van der Waals surface area (Å²) < 4.78 is 190. The lowest BCUT2D eigenvalue weighted by atomic mass is 10.0. The molecule has 1 amide bonds. The van der Waals surface area contributed by atoms with Crippen molar-refractivity contribution < 1.29 is 76.2 Å². The third-order valence-corrected chi connectivity index (χ3v) is 12.0. The van der Waals surface area contributed by atoms with Gasteiger partial charge in [-0.15, -0.1) is 0 Å². The van der Waals surface area contributed by atoms with Crippen molar-refractivity contribution in [2.75, 3.05) is 0 Å². The molecule has 0 unspecified atom stereocenters. The quantitative estimate of drug-likeness (QED) is 0.140. The van der Waals surface area contributed by atoms with Crippen molar-refractivity contribution in [1.82, 2.24) is 34.0 Å². The van der Waals surface area contributed by atoms with Crippen molar-refractivity contribution >= 4 is 66.9 Å². The van der Waals surface area contributed by atoms with Gasteiger partial charge in [0.15, 0.2) is 0 Å². The number of carboxylic acids is 1. The maximum Gasteiger partial charge on any atom is 0.437 e. The van der Waals surface area contributed by atoms with E-state index in [1.54, 1.807) is 6.07 Å². The smallest absolute Gasteiger partial charge is 0.437 e. The number of halogens is 18. The van der Waals surface area contributed by atoms with Crippen LogP contribution in [0.25, 0.3) is 33.9 Å². The summed E-state index contributed by atoms with van der Waals surface area (Å²) in [6.07, 6.45) is -18.3. The van der Waals surface area contributed by atoms with Crippen LogP contribution in [0, 0.1) is 0 Å². The summed E-state index contributed by atoms with van der Waals surface area (Å²) in [5, 5.41) is 20.0. The van der Waals surface area contributed by atoms with E-state index in [0.29, 0.717) is 38.0 Å². The first-order valence-corrected chi connectivity index (χ1v) is 20.7. The molecule has 0 spiro atoms. The Hall–Kier alpha value is -5.08. The lowest BCUT2D eigenvalue weighted by Crippen LogP contribution is -2.51. The van der Waals surface area contributed by atoms with E-state index < -0.39 is 53.4 Å². The average Bonchev–Trinajstić information content (AvgIpc) is 3.48. The molecule has 2 N–H and O–H groups in total. The molecule has 360 valence electrons. The highest BCUT2D eigenvalue weighted by molar-refractivity contribution is 9.11. The number of alkyl halides is 14. The number of aromatic carboxylic acids is 1. The first-order valence-electron chi connectivity index (χ1n) is 18.3. The number of benzene rings is 2. The van der Waals surface area contributed by atoms with Gasteiger partial charge in [0.05, 0.1) is 53.9 Å². The molecular weight excluding hydrogens is 1110 g/mol. The lowest BCUT2D eigenvalue weighted by Gasteiger charge is -2.30. The van der Waals surface area contributed by atoms with E-state index in [0.717, 1.165) is 36.3 Å². The van der Waals surface area contributed by atoms with Gasteiger partial charge in [0.1, 0.15) is 11.6 Å². The number of carbonyl (C=O) groups is 2. The molecule has 0 bridgehead atoms. The van der Waals surface area contributed by atoms with Gasteiger partial charge >= 0.3 is 42.0 Å². The third kappa shape index (κ3) is 9.41. The second-order valence-electron chi connectivity index (χ2n) is 14.6. The molecule has 1 saturated carbocycles. The number of amides is 1. The second-order valence-corrected chi connectivity index (χ2v) is 17.1. The number of hydrogen-bond acceptors (Lipinski definition) is 4. The van der Waals surface area contributed by atoms with Crippen LogP contribution in [-0.2, 0) is 25.4 Å². The Morgan fingerprint density at radius 1 is 0.612 bits per heavy atom. The zero-order valence-electron chi connectivity index (χ0n) is 33.2. The highest BCUT2D eigenvalue weighted by atomic mass is 79.9. The van der Waals surface area contributed by atoms with E-state index in [9.17, 15) is 71.1 Å². The molecule has 0 radical (unpaired) electrons. The predicted octanol–water partition coefficient (Wildman–Crippen LogP) is 12.8. The van der Waals surface area contributed by atoms with Gasteiger partial charge < -0.3 is 19.6 Å². The summed E-state index contributed by atoms with van der Waals surface area (Å²) in [5.41, 5.74) is -13.2. The summed E-state index contributed by atoms with van der Waals surface area (Å²) in [5.74, 6) is -2.28. The Morgan fingerprint density at radius 2 is 0.970 bits per heavy atom. The van der Waals surface area contributed by atoms with Crippen molar-refractivity contribution in [3.63, 3.8) is 0 Å². The molecule has 28 heteroatoms. The third-order valence-electron chi connectivity index (χ3n) is 10.2. The average molecular weight is 1140 g/mol. The first kappa shape index (κ1) is 51.3. The zero-order valence-corrected chi connectivity index (χ0v) is 37.9. The molecule has 1 aliphatic rings. The molecule has 4 heterocycles. The first-order chi connectivity index (χ1) is 30.7. The Kier molecular flexibility index (Phi) is 13.6. The van der Waals surface area contributed by atoms with Crippen LogP contribution in [-0.4, -0.2) is 76.4 Å². The molecule has 7 rings (SSSR count). The van der Waals surface area contributed by atoms with Gasteiger partial charge in [0.25, 0.3) is 5.91 Å². The van der Waals surface area contributed by atoms with Crippen molar-refractivity contribution in [3.8, 4) is 33.9 Å². The molecule has 10 nitrogen and oxygen atoms in total. The van der Waals surface area contributed by atoms with Gasteiger partial charge in [0.2, 0.25) is 0 Å². The largest absolute Gasteiger partial charge is 0.478 e. The van der Waals surface area contributed by atoms with Gasteiger partial charge in [-0.1, -0.05) is 35.3 Å². The SMILES string of the molecule is Cn1c(C(F)(C(F)(F)F)C(F)(F)F)cc(Br)c1-n1cc(-c2ccc(Cl)c(C(=O)NC3CC3)c2)cn1.Cn1c(C(F)(C(F)(F)F)C(F)(F)F)cc(Br)c1-n1cc(-c2ccc(Cl)c(C(=O)O)c2)cn1. The van der Waals surface area contributed by atoms with E-state index in [-0.39, 0.29) is 59.3 Å². The molecule has 0 aliphatic heterocycles. The fourth-order valence-electron chi connectivity index (χ4n) is 6.61. The molecule has 67 heavy (non-hydrogen) atoms. The van der Waals surface area contributed by atoms with E-state index in [1.807, 2.05) is 0 Å².